The molecule has 0 unspecified atom stereocenters. The summed E-state index contributed by atoms with van der Waals surface area (Å²) in [5, 5.41) is 3.90. The van der Waals surface area contributed by atoms with Gasteiger partial charge in [-0.3, -0.25) is 5.32 Å². The SMILES string of the molecule is FCNCCc1c[nH]c2ccccc12. The van der Waals surface area contributed by atoms with Gasteiger partial charge in [0.05, 0.1) is 0 Å². The fourth-order valence-electron chi connectivity index (χ4n) is 1.63. The first kappa shape index (κ1) is 9.21. The van der Waals surface area contributed by atoms with Crippen LogP contribution >= 0.6 is 0 Å². The van der Waals surface area contributed by atoms with E-state index in [0.29, 0.717) is 6.54 Å². The van der Waals surface area contributed by atoms with Gasteiger partial charge in [-0.05, 0) is 18.1 Å². The van der Waals surface area contributed by atoms with E-state index in [1.165, 1.54) is 10.9 Å². The molecule has 2 aromatic rings. The molecule has 0 atom stereocenters. The molecule has 0 aliphatic carbocycles. The highest BCUT2D eigenvalue weighted by Crippen LogP contribution is 2.17. The van der Waals surface area contributed by atoms with Gasteiger partial charge in [0.2, 0.25) is 0 Å². The average molecular weight is 192 g/mol. The molecule has 2 rings (SSSR count). The van der Waals surface area contributed by atoms with Crippen molar-refractivity contribution in [3.8, 4) is 0 Å². The average Bonchev–Trinajstić information content (AvgIpc) is 2.63. The minimum absolute atomic E-state index is 0.456. The molecule has 0 radical (unpaired) electrons. The quantitative estimate of drug-likeness (QED) is 0.564. The van der Waals surface area contributed by atoms with Gasteiger partial charge >= 0.3 is 0 Å². The Morgan fingerprint density at radius 3 is 3.00 bits per heavy atom. The number of nitrogens with one attached hydrogen (secondary N) is 2. The van der Waals surface area contributed by atoms with Crippen LogP contribution < -0.4 is 5.32 Å². The van der Waals surface area contributed by atoms with Gasteiger partial charge in [-0.2, -0.15) is 0 Å². The largest absolute Gasteiger partial charge is 0.361 e. The van der Waals surface area contributed by atoms with E-state index in [9.17, 15) is 4.39 Å². The number of halogens is 1. The molecule has 2 nitrogen and oxygen atoms in total. The summed E-state index contributed by atoms with van der Waals surface area (Å²) >= 11 is 0. The Hall–Kier alpha value is -1.35. The summed E-state index contributed by atoms with van der Waals surface area (Å²) in [6.07, 6.45) is 2.85. The van der Waals surface area contributed by atoms with Crippen molar-refractivity contribution < 1.29 is 4.39 Å². The number of H-pyrrole nitrogens is 1. The molecule has 74 valence electrons. The fraction of sp³-hybridized carbons (Fsp3) is 0.273. The molecule has 3 heteroatoms. The van der Waals surface area contributed by atoms with Crippen LogP contribution in [0, 0.1) is 0 Å². The van der Waals surface area contributed by atoms with Crippen LogP contribution in [0.5, 0.6) is 0 Å². The Bertz CT molecular complexity index is 408. The van der Waals surface area contributed by atoms with Crippen molar-refractivity contribution >= 4 is 10.9 Å². The third-order valence-corrected chi connectivity index (χ3v) is 2.34. The number of alkyl halides is 1. The topological polar surface area (TPSA) is 27.8 Å². The first-order valence-electron chi connectivity index (χ1n) is 4.73. The molecular weight excluding hydrogens is 179 g/mol. The first-order valence-corrected chi connectivity index (χ1v) is 4.73. The predicted molar refractivity (Wildman–Crippen MR) is 56.0 cm³/mol. The number of aromatic amines is 1. The highest BCUT2D eigenvalue weighted by atomic mass is 19.1. The summed E-state index contributed by atoms with van der Waals surface area (Å²) in [6, 6.07) is 8.14. The Kier molecular flexibility index (Phi) is 2.79. The van der Waals surface area contributed by atoms with Crippen molar-refractivity contribution in [1.29, 1.82) is 0 Å². The van der Waals surface area contributed by atoms with E-state index in [2.05, 4.69) is 16.4 Å². The lowest BCUT2D eigenvalue weighted by atomic mass is 10.1. The lowest BCUT2D eigenvalue weighted by Gasteiger charge is -1.98. The van der Waals surface area contributed by atoms with Crippen molar-refractivity contribution in [3.05, 3.63) is 36.0 Å². The summed E-state index contributed by atoms with van der Waals surface area (Å²) in [6.45, 7) is 0.223. The van der Waals surface area contributed by atoms with Crippen LogP contribution in [-0.4, -0.2) is 18.3 Å². The van der Waals surface area contributed by atoms with Gasteiger partial charge in [0.15, 0.2) is 0 Å². The second kappa shape index (κ2) is 4.24. The standard InChI is InChI=1S/C11H13FN2/c12-8-13-6-5-9-7-14-11-4-2-1-3-10(9)11/h1-4,7,13-14H,5-6,8H2. The molecule has 0 saturated carbocycles. The molecule has 0 fully saturated rings. The molecular formula is C11H13FN2. The maximum atomic E-state index is 11.8. The highest BCUT2D eigenvalue weighted by molar-refractivity contribution is 5.83. The maximum Gasteiger partial charge on any atom is 0.140 e. The molecule has 0 spiro atoms. The second-order valence-electron chi connectivity index (χ2n) is 3.24. The molecule has 1 heterocycles. The van der Waals surface area contributed by atoms with Gasteiger partial charge in [0.25, 0.3) is 0 Å². The molecule has 0 aliphatic heterocycles. The molecule has 0 saturated heterocycles. The van der Waals surface area contributed by atoms with Crippen LogP contribution in [0.4, 0.5) is 4.39 Å². The number of para-hydroxylation sites is 1. The zero-order valence-electron chi connectivity index (χ0n) is 7.89. The van der Waals surface area contributed by atoms with Crippen molar-refractivity contribution in [2.75, 3.05) is 13.3 Å². The third kappa shape index (κ3) is 1.77. The van der Waals surface area contributed by atoms with Crippen molar-refractivity contribution in [1.82, 2.24) is 10.3 Å². The van der Waals surface area contributed by atoms with Gasteiger partial charge in [0, 0.05) is 23.6 Å². The van der Waals surface area contributed by atoms with E-state index in [-0.39, 0.29) is 0 Å². The van der Waals surface area contributed by atoms with Gasteiger partial charge in [-0.15, -0.1) is 0 Å². The van der Waals surface area contributed by atoms with E-state index >= 15 is 0 Å². The normalized spacial score (nSPS) is 10.9. The van der Waals surface area contributed by atoms with E-state index in [1.54, 1.807) is 0 Å². The summed E-state index contributed by atoms with van der Waals surface area (Å²) in [5.74, 6) is 0. The Morgan fingerprint density at radius 1 is 1.29 bits per heavy atom. The highest BCUT2D eigenvalue weighted by Gasteiger charge is 2.01. The van der Waals surface area contributed by atoms with Crippen molar-refractivity contribution in [2.45, 2.75) is 6.42 Å². The predicted octanol–water partition coefficient (Wildman–Crippen LogP) is 2.23. The first-order chi connectivity index (χ1) is 6.92. The Balaban J connectivity index is 2.17. The summed E-state index contributed by atoms with van der Waals surface area (Å²) in [7, 11) is 0. The zero-order valence-corrected chi connectivity index (χ0v) is 7.89. The molecule has 1 aromatic heterocycles. The smallest absolute Gasteiger partial charge is 0.140 e. The molecule has 14 heavy (non-hydrogen) atoms. The lowest BCUT2D eigenvalue weighted by Crippen LogP contribution is -2.15. The number of fused-ring (bicyclic) bond motifs is 1. The molecule has 2 N–H and O–H groups in total. The minimum atomic E-state index is -0.456. The van der Waals surface area contributed by atoms with Crippen LogP contribution in [0.2, 0.25) is 0 Å². The minimum Gasteiger partial charge on any atom is -0.361 e. The fourth-order valence-corrected chi connectivity index (χ4v) is 1.63. The lowest BCUT2D eigenvalue weighted by molar-refractivity contribution is 0.428. The van der Waals surface area contributed by atoms with Crippen LogP contribution in [0.1, 0.15) is 5.56 Å². The van der Waals surface area contributed by atoms with Crippen LogP contribution in [0.15, 0.2) is 30.5 Å². The maximum absolute atomic E-state index is 11.8. The van der Waals surface area contributed by atoms with Crippen LogP contribution in [0.25, 0.3) is 10.9 Å². The van der Waals surface area contributed by atoms with Crippen LogP contribution in [-0.2, 0) is 6.42 Å². The molecule has 1 aromatic carbocycles. The Labute approximate surface area is 82.1 Å². The number of hydrogen-bond donors (Lipinski definition) is 2. The summed E-state index contributed by atoms with van der Waals surface area (Å²) in [5.41, 5.74) is 2.38. The second-order valence-corrected chi connectivity index (χ2v) is 3.24. The summed E-state index contributed by atoms with van der Waals surface area (Å²) in [4.78, 5) is 3.19. The van der Waals surface area contributed by atoms with Crippen LogP contribution in [0.3, 0.4) is 0 Å². The summed E-state index contributed by atoms with van der Waals surface area (Å²) < 4.78 is 11.8. The van der Waals surface area contributed by atoms with Gasteiger partial charge < -0.3 is 4.98 Å². The van der Waals surface area contributed by atoms with Gasteiger partial charge in [-0.25, -0.2) is 4.39 Å². The van der Waals surface area contributed by atoms with Gasteiger partial charge in [0.1, 0.15) is 6.80 Å². The van der Waals surface area contributed by atoms with E-state index < -0.39 is 6.80 Å². The number of hydrogen-bond acceptors (Lipinski definition) is 1. The Morgan fingerprint density at radius 2 is 2.14 bits per heavy atom. The zero-order chi connectivity index (χ0) is 9.80. The number of rotatable bonds is 4. The van der Waals surface area contributed by atoms with Crippen molar-refractivity contribution in [3.63, 3.8) is 0 Å². The van der Waals surface area contributed by atoms with Crippen molar-refractivity contribution in [2.24, 2.45) is 0 Å². The molecule has 0 bridgehead atoms. The van der Waals surface area contributed by atoms with E-state index in [4.69, 9.17) is 0 Å². The van der Waals surface area contributed by atoms with E-state index in [1.807, 2.05) is 24.4 Å². The third-order valence-electron chi connectivity index (χ3n) is 2.34. The monoisotopic (exact) mass is 192 g/mol. The van der Waals surface area contributed by atoms with Gasteiger partial charge in [-0.1, -0.05) is 18.2 Å². The molecule has 0 amide bonds. The molecule has 0 aliphatic rings. The van der Waals surface area contributed by atoms with E-state index in [0.717, 1.165) is 11.9 Å². The number of aromatic nitrogens is 1. The number of benzene rings is 1.